The second-order valence-corrected chi connectivity index (χ2v) is 9.04. The average molecular weight is 413 g/mol. The molecule has 29 heavy (non-hydrogen) atoms. The molecule has 2 aliphatic carbocycles. The number of nitrogens with two attached hydrogens (primary N) is 2. The highest BCUT2D eigenvalue weighted by atomic mass is 35.5. The van der Waals surface area contributed by atoms with Crippen LogP contribution in [0.3, 0.4) is 0 Å². The van der Waals surface area contributed by atoms with Crippen molar-refractivity contribution in [2.75, 3.05) is 18.8 Å². The fourth-order valence-electron chi connectivity index (χ4n) is 4.57. The number of nitrogens with zero attached hydrogens (tertiary/aromatic N) is 2. The summed E-state index contributed by atoms with van der Waals surface area (Å²) in [6.45, 7) is 1.43. The number of carbonyl (C=O) groups excluding carboxylic acids is 1. The molecule has 6 heteroatoms. The third-order valence-corrected chi connectivity index (χ3v) is 6.86. The number of nitrogen functional groups attached to an aromatic ring is 1. The molecule has 1 heterocycles. The summed E-state index contributed by atoms with van der Waals surface area (Å²) in [6.07, 6.45) is 7.84. The molecule has 5 nitrogen and oxygen atoms in total. The molecular weight excluding hydrogens is 384 g/mol. The van der Waals surface area contributed by atoms with Crippen LogP contribution in [0.5, 0.6) is 0 Å². The van der Waals surface area contributed by atoms with E-state index in [0.717, 1.165) is 37.3 Å². The Hall–Kier alpha value is -2.11. The van der Waals surface area contributed by atoms with Gasteiger partial charge in [0.25, 0.3) is 5.91 Å². The van der Waals surface area contributed by atoms with Crippen LogP contribution in [0.1, 0.15) is 54.4 Å². The molecule has 0 radical (unpaired) electrons. The molecule has 1 aromatic heterocycles. The van der Waals surface area contributed by atoms with E-state index in [-0.39, 0.29) is 17.4 Å². The van der Waals surface area contributed by atoms with Gasteiger partial charge in [0, 0.05) is 35.8 Å². The van der Waals surface area contributed by atoms with E-state index in [1.807, 2.05) is 18.2 Å². The van der Waals surface area contributed by atoms with Crippen LogP contribution in [0.4, 0.5) is 5.82 Å². The minimum atomic E-state index is -0.0571. The molecule has 1 amide bonds. The highest BCUT2D eigenvalue weighted by Crippen LogP contribution is 2.42. The van der Waals surface area contributed by atoms with Crippen LogP contribution in [-0.4, -0.2) is 34.9 Å². The van der Waals surface area contributed by atoms with Gasteiger partial charge in [-0.3, -0.25) is 4.79 Å². The molecule has 0 saturated heterocycles. The number of benzene rings is 1. The number of aromatic nitrogens is 1. The fourth-order valence-corrected chi connectivity index (χ4v) is 4.76. The fraction of sp³-hybridized carbons (Fsp3) is 0.478. The number of anilines is 1. The van der Waals surface area contributed by atoms with Gasteiger partial charge in [-0.25, -0.2) is 4.98 Å². The van der Waals surface area contributed by atoms with Crippen LogP contribution < -0.4 is 11.5 Å². The van der Waals surface area contributed by atoms with Crippen molar-refractivity contribution in [3.8, 4) is 0 Å². The zero-order chi connectivity index (χ0) is 20.4. The van der Waals surface area contributed by atoms with Gasteiger partial charge in [-0.1, -0.05) is 23.7 Å². The Bertz CT molecular complexity index is 857. The maximum atomic E-state index is 13.3. The third kappa shape index (κ3) is 4.41. The van der Waals surface area contributed by atoms with Gasteiger partial charge in [-0.05, 0) is 74.3 Å². The molecule has 2 saturated carbocycles. The maximum Gasteiger partial charge on any atom is 0.255 e. The zero-order valence-corrected chi connectivity index (χ0v) is 17.4. The number of hydrogen-bond donors (Lipinski definition) is 2. The molecule has 2 aliphatic rings. The first-order valence-corrected chi connectivity index (χ1v) is 10.9. The lowest BCUT2D eigenvalue weighted by molar-refractivity contribution is 0.0581. The number of pyridine rings is 1. The van der Waals surface area contributed by atoms with E-state index in [1.54, 1.807) is 18.3 Å². The molecule has 0 aliphatic heterocycles. The summed E-state index contributed by atoms with van der Waals surface area (Å²) in [7, 11) is 0. The monoisotopic (exact) mass is 412 g/mol. The molecule has 2 aromatic rings. The van der Waals surface area contributed by atoms with Crippen LogP contribution in [0.25, 0.3) is 0 Å². The summed E-state index contributed by atoms with van der Waals surface area (Å²) in [5, 5.41) is 0.749. The third-order valence-electron chi connectivity index (χ3n) is 6.63. The maximum absolute atomic E-state index is 13.3. The van der Waals surface area contributed by atoms with Crippen LogP contribution in [-0.2, 0) is 5.41 Å². The SMILES string of the molecule is NC[C@]1(c2cccc(Cl)c2)CC[C@H](N(CC2CC2)C(=O)c2ccc(N)nc2)CC1. The Kier molecular flexibility index (Phi) is 5.79. The molecule has 4 N–H and O–H groups in total. The van der Waals surface area contributed by atoms with E-state index in [0.29, 0.717) is 23.8 Å². The van der Waals surface area contributed by atoms with Crippen molar-refractivity contribution >= 4 is 23.3 Å². The Morgan fingerprint density at radius 1 is 1.17 bits per heavy atom. The second-order valence-electron chi connectivity index (χ2n) is 8.60. The number of hydrogen-bond acceptors (Lipinski definition) is 4. The van der Waals surface area contributed by atoms with Crippen molar-refractivity contribution < 1.29 is 4.79 Å². The van der Waals surface area contributed by atoms with E-state index < -0.39 is 0 Å². The van der Waals surface area contributed by atoms with Gasteiger partial charge in [0.05, 0.1) is 5.56 Å². The van der Waals surface area contributed by atoms with Crippen molar-refractivity contribution in [3.05, 3.63) is 58.7 Å². The van der Waals surface area contributed by atoms with Gasteiger partial charge in [0.1, 0.15) is 5.82 Å². The normalized spacial score (nSPS) is 24.3. The average Bonchev–Trinajstić information content (AvgIpc) is 3.56. The number of carbonyl (C=O) groups is 1. The van der Waals surface area contributed by atoms with E-state index in [2.05, 4.69) is 16.0 Å². The van der Waals surface area contributed by atoms with Crippen LogP contribution >= 0.6 is 11.6 Å². The van der Waals surface area contributed by atoms with E-state index in [9.17, 15) is 4.79 Å². The first-order valence-electron chi connectivity index (χ1n) is 10.5. The molecular formula is C23H29ClN4O. The highest BCUT2D eigenvalue weighted by molar-refractivity contribution is 6.30. The minimum absolute atomic E-state index is 0.0571. The van der Waals surface area contributed by atoms with Gasteiger partial charge in [0.2, 0.25) is 0 Å². The first-order chi connectivity index (χ1) is 14.0. The lowest BCUT2D eigenvalue weighted by atomic mass is 9.68. The Balaban J connectivity index is 1.51. The number of rotatable bonds is 6. The van der Waals surface area contributed by atoms with Gasteiger partial charge in [-0.2, -0.15) is 0 Å². The van der Waals surface area contributed by atoms with Crippen molar-refractivity contribution in [3.63, 3.8) is 0 Å². The van der Waals surface area contributed by atoms with E-state index in [4.69, 9.17) is 23.1 Å². The van der Waals surface area contributed by atoms with Crippen LogP contribution in [0.2, 0.25) is 5.02 Å². The highest BCUT2D eigenvalue weighted by Gasteiger charge is 2.40. The summed E-state index contributed by atoms with van der Waals surface area (Å²) >= 11 is 6.24. The Morgan fingerprint density at radius 2 is 1.93 bits per heavy atom. The first kappa shape index (κ1) is 20.2. The van der Waals surface area contributed by atoms with Crippen molar-refractivity contribution in [1.82, 2.24) is 9.88 Å². The second kappa shape index (κ2) is 8.33. The molecule has 0 spiro atoms. The molecule has 0 unspecified atom stereocenters. The molecule has 0 bridgehead atoms. The lowest BCUT2D eigenvalue weighted by Gasteiger charge is -2.43. The molecule has 154 valence electrons. The standard InChI is InChI=1S/C23H29ClN4O/c24-19-3-1-2-18(12-19)23(15-25)10-8-20(9-11-23)28(14-16-4-5-16)22(29)17-6-7-21(26)27-13-17/h1-3,6-7,12-13,16,20H,4-5,8-11,14-15,25H2,(H2,26,27)/t20-,23-. The Labute approximate surface area is 177 Å². The van der Waals surface area contributed by atoms with Gasteiger partial charge >= 0.3 is 0 Å². The van der Waals surface area contributed by atoms with Crippen molar-refractivity contribution in [1.29, 1.82) is 0 Å². The topological polar surface area (TPSA) is 85.2 Å². The molecule has 0 atom stereocenters. The smallest absolute Gasteiger partial charge is 0.255 e. The quantitative estimate of drug-likeness (QED) is 0.750. The van der Waals surface area contributed by atoms with Crippen molar-refractivity contribution in [2.24, 2.45) is 11.7 Å². The lowest BCUT2D eigenvalue weighted by Crippen LogP contribution is -2.48. The predicted molar refractivity (Wildman–Crippen MR) is 117 cm³/mol. The summed E-state index contributed by atoms with van der Waals surface area (Å²) in [6, 6.07) is 11.8. The summed E-state index contributed by atoms with van der Waals surface area (Å²) in [5.41, 5.74) is 13.7. The summed E-state index contributed by atoms with van der Waals surface area (Å²) in [5.74, 6) is 1.13. The molecule has 2 fully saturated rings. The van der Waals surface area contributed by atoms with Gasteiger partial charge in [-0.15, -0.1) is 0 Å². The Morgan fingerprint density at radius 3 is 2.52 bits per heavy atom. The molecule has 4 rings (SSSR count). The van der Waals surface area contributed by atoms with Crippen LogP contribution in [0.15, 0.2) is 42.6 Å². The number of amides is 1. The van der Waals surface area contributed by atoms with Gasteiger partial charge in [0.15, 0.2) is 0 Å². The zero-order valence-electron chi connectivity index (χ0n) is 16.7. The summed E-state index contributed by atoms with van der Waals surface area (Å²) < 4.78 is 0. The van der Waals surface area contributed by atoms with E-state index >= 15 is 0 Å². The van der Waals surface area contributed by atoms with Crippen molar-refractivity contribution in [2.45, 2.75) is 50.0 Å². The minimum Gasteiger partial charge on any atom is -0.384 e. The molecule has 1 aromatic carbocycles. The number of halogens is 1. The predicted octanol–water partition coefficient (Wildman–Crippen LogP) is 4.01. The van der Waals surface area contributed by atoms with Crippen LogP contribution in [0, 0.1) is 5.92 Å². The summed E-state index contributed by atoms with van der Waals surface area (Å²) in [4.78, 5) is 19.5. The van der Waals surface area contributed by atoms with E-state index in [1.165, 1.54) is 18.4 Å². The van der Waals surface area contributed by atoms with Gasteiger partial charge < -0.3 is 16.4 Å². The largest absolute Gasteiger partial charge is 0.384 e.